The minimum atomic E-state index is -1.06. The third kappa shape index (κ3) is 3.97. The fourth-order valence-corrected chi connectivity index (χ4v) is 3.11. The summed E-state index contributed by atoms with van der Waals surface area (Å²) < 4.78 is 20.6. The van der Waals surface area contributed by atoms with E-state index in [0.717, 1.165) is 6.26 Å². The van der Waals surface area contributed by atoms with E-state index in [1.807, 2.05) is 13.8 Å². The van der Waals surface area contributed by atoms with Crippen LogP contribution in [0.3, 0.4) is 0 Å². The monoisotopic (exact) mass is 376 g/mol. The van der Waals surface area contributed by atoms with E-state index in [1.54, 1.807) is 19.9 Å². The fraction of sp³-hybridized carbons (Fsp3) is 0.450. The van der Waals surface area contributed by atoms with Crippen LogP contribution in [0.15, 0.2) is 47.8 Å². The third-order valence-electron chi connectivity index (χ3n) is 4.68. The number of hydrogen-bond donors (Lipinski definition) is 0. The number of carbonyl (C=O) groups excluding carboxylic acids is 3. The van der Waals surface area contributed by atoms with E-state index in [-0.39, 0.29) is 18.0 Å². The second-order valence-electron chi connectivity index (χ2n) is 7.21. The van der Waals surface area contributed by atoms with Gasteiger partial charge >= 0.3 is 17.9 Å². The molecule has 2 aliphatic rings. The van der Waals surface area contributed by atoms with E-state index in [9.17, 15) is 14.4 Å². The molecule has 0 bridgehead atoms. The quantitative estimate of drug-likeness (QED) is 0.176. The number of carbonyl (C=O) groups is 3. The van der Waals surface area contributed by atoms with Crippen LogP contribution in [0.25, 0.3) is 0 Å². The van der Waals surface area contributed by atoms with Crippen LogP contribution in [0, 0.1) is 5.41 Å². The summed E-state index contributed by atoms with van der Waals surface area (Å²) in [6.07, 6.45) is 5.00. The maximum atomic E-state index is 12.1. The Morgan fingerprint density at radius 2 is 2.04 bits per heavy atom. The molecular weight excluding hydrogens is 352 g/mol. The van der Waals surface area contributed by atoms with Gasteiger partial charge in [0.05, 0.1) is 19.1 Å². The standard InChI is InChI=1S/C20H24O7/c1-12(2)20(19(4,5)10-15(21)27-20)8-7-14(18(23)24-6)11-25-16-9-13(3)17(22)26-16/h7-9,11,16H,1,10H2,2-6H3/b8-7+,14-11+. The average Bonchev–Trinajstić information content (AvgIpc) is 3.02. The molecule has 7 heteroatoms. The lowest BCUT2D eigenvalue weighted by Gasteiger charge is -2.37. The Morgan fingerprint density at radius 1 is 1.37 bits per heavy atom. The molecule has 7 nitrogen and oxygen atoms in total. The van der Waals surface area contributed by atoms with Crippen molar-refractivity contribution < 1.29 is 33.3 Å². The van der Waals surface area contributed by atoms with Gasteiger partial charge in [-0.25, -0.2) is 9.59 Å². The summed E-state index contributed by atoms with van der Waals surface area (Å²) in [6, 6.07) is 0. The minimum Gasteiger partial charge on any atom is -0.465 e. The normalized spacial score (nSPS) is 27.2. The summed E-state index contributed by atoms with van der Waals surface area (Å²) in [6.45, 7) is 11.1. The van der Waals surface area contributed by atoms with Gasteiger partial charge in [0.2, 0.25) is 0 Å². The molecule has 2 unspecified atom stereocenters. The van der Waals surface area contributed by atoms with Gasteiger partial charge in [0.15, 0.2) is 5.60 Å². The van der Waals surface area contributed by atoms with Gasteiger partial charge in [-0.15, -0.1) is 0 Å². The summed E-state index contributed by atoms with van der Waals surface area (Å²) >= 11 is 0. The molecule has 2 heterocycles. The zero-order valence-corrected chi connectivity index (χ0v) is 16.2. The number of methoxy groups -OCH3 is 1. The van der Waals surface area contributed by atoms with Crippen LogP contribution >= 0.6 is 0 Å². The van der Waals surface area contributed by atoms with Crippen LogP contribution in [0.5, 0.6) is 0 Å². The summed E-state index contributed by atoms with van der Waals surface area (Å²) in [4.78, 5) is 35.3. The molecule has 0 amide bonds. The number of hydrogen-bond acceptors (Lipinski definition) is 7. The lowest BCUT2D eigenvalue weighted by molar-refractivity contribution is -0.152. The van der Waals surface area contributed by atoms with Gasteiger partial charge < -0.3 is 18.9 Å². The minimum absolute atomic E-state index is 0.0610. The molecule has 146 valence electrons. The van der Waals surface area contributed by atoms with E-state index >= 15 is 0 Å². The highest BCUT2D eigenvalue weighted by molar-refractivity contribution is 5.91. The van der Waals surface area contributed by atoms with Crippen LogP contribution in [0.1, 0.15) is 34.1 Å². The van der Waals surface area contributed by atoms with Crippen LogP contribution < -0.4 is 0 Å². The zero-order chi connectivity index (χ0) is 20.4. The van der Waals surface area contributed by atoms with E-state index in [0.29, 0.717) is 11.1 Å². The van der Waals surface area contributed by atoms with Crippen molar-refractivity contribution in [1.29, 1.82) is 0 Å². The van der Waals surface area contributed by atoms with Crippen LogP contribution in [0.2, 0.25) is 0 Å². The SMILES string of the molecule is C=C(C)C1(/C=C/C(=C\OC2C=C(C)C(=O)O2)C(=O)OC)OC(=O)CC1(C)C. The smallest absolute Gasteiger partial charge is 0.340 e. The van der Waals surface area contributed by atoms with Crippen molar-refractivity contribution in [3.8, 4) is 0 Å². The predicted molar refractivity (Wildman–Crippen MR) is 96.0 cm³/mol. The van der Waals surface area contributed by atoms with E-state index in [1.165, 1.54) is 19.3 Å². The van der Waals surface area contributed by atoms with Gasteiger partial charge in [0.1, 0.15) is 6.26 Å². The number of cyclic esters (lactones) is 2. The molecule has 2 atom stereocenters. The molecule has 0 aromatic rings. The topological polar surface area (TPSA) is 88.1 Å². The molecule has 0 N–H and O–H groups in total. The fourth-order valence-electron chi connectivity index (χ4n) is 3.11. The Balaban J connectivity index is 2.30. The molecule has 2 aliphatic heterocycles. The molecular formula is C20H24O7. The average molecular weight is 376 g/mol. The molecule has 2 rings (SSSR count). The number of esters is 3. The largest absolute Gasteiger partial charge is 0.465 e. The van der Waals surface area contributed by atoms with Crippen molar-refractivity contribution in [1.82, 2.24) is 0 Å². The summed E-state index contributed by atoms with van der Waals surface area (Å²) in [5.74, 6) is -1.48. The Labute approximate surface area is 158 Å². The lowest BCUT2D eigenvalue weighted by atomic mass is 9.71. The first kappa shape index (κ1) is 20.5. The van der Waals surface area contributed by atoms with E-state index in [2.05, 4.69) is 6.58 Å². The second-order valence-corrected chi connectivity index (χ2v) is 7.21. The molecule has 27 heavy (non-hydrogen) atoms. The Bertz CT molecular complexity index is 769. The maximum absolute atomic E-state index is 12.1. The van der Waals surface area contributed by atoms with Gasteiger partial charge in [0, 0.05) is 17.1 Å². The molecule has 0 radical (unpaired) electrons. The van der Waals surface area contributed by atoms with Crippen LogP contribution in [-0.2, 0) is 33.3 Å². The molecule has 0 spiro atoms. The lowest BCUT2D eigenvalue weighted by Crippen LogP contribution is -2.40. The highest BCUT2D eigenvalue weighted by Gasteiger charge is 2.54. The molecule has 1 saturated heterocycles. The van der Waals surface area contributed by atoms with Crippen molar-refractivity contribution in [2.24, 2.45) is 5.41 Å². The highest BCUT2D eigenvalue weighted by Crippen LogP contribution is 2.48. The summed E-state index contributed by atoms with van der Waals surface area (Å²) in [5, 5.41) is 0. The van der Waals surface area contributed by atoms with Gasteiger partial charge in [-0.2, -0.15) is 0 Å². The molecule has 0 aliphatic carbocycles. The maximum Gasteiger partial charge on any atom is 0.340 e. The van der Waals surface area contributed by atoms with Crippen LogP contribution in [0.4, 0.5) is 0 Å². The Kier molecular flexibility index (Phi) is 5.63. The first-order valence-corrected chi connectivity index (χ1v) is 8.43. The second kappa shape index (κ2) is 7.42. The Hall–Kier alpha value is -2.83. The van der Waals surface area contributed by atoms with Gasteiger partial charge in [0.25, 0.3) is 6.29 Å². The predicted octanol–water partition coefficient (Wildman–Crippen LogP) is 2.73. The summed E-state index contributed by atoms with van der Waals surface area (Å²) in [7, 11) is 1.23. The first-order valence-electron chi connectivity index (χ1n) is 8.43. The highest BCUT2D eigenvalue weighted by atomic mass is 16.7. The molecule has 0 aromatic heterocycles. The number of rotatable bonds is 6. The van der Waals surface area contributed by atoms with Gasteiger partial charge in [-0.3, -0.25) is 4.79 Å². The molecule has 0 saturated carbocycles. The van der Waals surface area contributed by atoms with E-state index in [4.69, 9.17) is 18.9 Å². The van der Waals surface area contributed by atoms with Crippen molar-refractivity contribution in [2.45, 2.75) is 46.0 Å². The summed E-state index contributed by atoms with van der Waals surface area (Å²) in [5.41, 5.74) is -0.499. The molecule has 1 fully saturated rings. The number of ether oxygens (including phenoxy) is 4. The van der Waals surface area contributed by atoms with Crippen molar-refractivity contribution >= 4 is 17.9 Å². The van der Waals surface area contributed by atoms with Crippen molar-refractivity contribution in [3.63, 3.8) is 0 Å². The van der Waals surface area contributed by atoms with Crippen molar-refractivity contribution in [2.75, 3.05) is 7.11 Å². The van der Waals surface area contributed by atoms with Gasteiger partial charge in [-0.05, 0) is 31.6 Å². The Morgan fingerprint density at radius 3 is 2.48 bits per heavy atom. The van der Waals surface area contributed by atoms with Gasteiger partial charge in [-0.1, -0.05) is 20.4 Å². The third-order valence-corrected chi connectivity index (χ3v) is 4.68. The van der Waals surface area contributed by atoms with E-state index < -0.39 is 29.2 Å². The zero-order valence-electron chi connectivity index (χ0n) is 16.2. The first-order chi connectivity index (χ1) is 12.5. The van der Waals surface area contributed by atoms with Crippen molar-refractivity contribution in [3.05, 3.63) is 47.8 Å². The molecule has 0 aromatic carbocycles. The van der Waals surface area contributed by atoms with Crippen LogP contribution in [-0.4, -0.2) is 36.9 Å².